The Morgan fingerprint density at radius 3 is 2.21 bits per heavy atom. The van der Waals surface area contributed by atoms with Gasteiger partial charge in [-0.25, -0.2) is 0 Å². The summed E-state index contributed by atoms with van der Waals surface area (Å²) in [6, 6.07) is 24.5. The lowest BCUT2D eigenvalue weighted by atomic mass is 10.2. The molecule has 24 heavy (non-hydrogen) atoms. The third kappa shape index (κ3) is 4.45. The molecule has 0 aliphatic heterocycles. The van der Waals surface area contributed by atoms with Crippen LogP contribution in [0.5, 0.6) is 11.5 Å². The quantitative estimate of drug-likeness (QED) is 0.429. The standard InChI is InChI=1S/C20H17IO2S/c1-22-18-13-20(24-16-10-6-3-7-11-16)17(21)12-19(18)23-14-15-8-4-2-5-9-15/h2-13H,14H2,1H3. The second-order valence-corrected chi connectivity index (χ2v) is 7.40. The fraction of sp³-hybridized carbons (Fsp3) is 0.100. The number of halogens is 1. The van der Waals surface area contributed by atoms with Crippen molar-refractivity contribution >= 4 is 34.4 Å². The van der Waals surface area contributed by atoms with Gasteiger partial charge in [-0.3, -0.25) is 0 Å². The second-order valence-electron chi connectivity index (χ2n) is 5.12. The van der Waals surface area contributed by atoms with E-state index in [1.807, 2.05) is 48.5 Å². The van der Waals surface area contributed by atoms with Gasteiger partial charge in [0.2, 0.25) is 0 Å². The third-order valence-corrected chi connectivity index (χ3v) is 5.75. The smallest absolute Gasteiger partial charge is 0.162 e. The molecule has 0 fully saturated rings. The first kappa shape index (κ1) is 17.2. The van der Waals surface area contributed by atoms with Gasteiger partial charge in [0, 0.05) is 13.4 Å². The van der Waals surface area contributed by atoms with Crippen LogP contribution in [0.25, 0.3) is 0 Å². The van der Waals surface area contributed by atoms with Gasteiger partial charge in [-0.05, 0) is 52.4 Å². The van der Waals surface area contributed by atoms with Crippen molar-refractivity contribution in [3.05, 3.63) is 81.9 Å². The first-order valence-corrected chi connectivity index (χ1v) is 9.43. The van der Waals surface area contributed by atoms with E-state index in [0.29, 0.717) is 6.61 Å². The molecule has 122 valence electrons. The molecule has 0 aromatic heterocycles. The number of hydrogen-bond acceptors (Lipinski definition) is 3. The van der Waals surface area contributed by atoms with E-state index in [9.17, 15) is 0 Å². The Labute approximate surface area is 160 Å². The molecule has 0 unspecified atom stereocenters. The summed E-state index contributed by atoms with van der Waals surface area (Å²) < 4.78 is 12.6. The van der Waals surface area contributed by atoms with Crippen LogP contribution < -0.4 is 9.47 Å². The van der Waals surface area contributed by atoms with E-state index in [2.05, 4.69) is 46.9 Å². The largest absolute Gasteiger partial charge is 0.493 e. The van der Waals surface area contributed by atoms with Gasteiger partial charge in [0.25, 0.3) is 0 Å². The molecule has 0 atom stereocenters. The van der Waals surface area contributed by atoms with Crippen LogP contribution in [-0.2, 0) is 6.61 Å². The van der Waals surface area contributed by atoms with E-state index in [0.717, 1.165) is 25.5 Å². The molecule has 0 radical (unpaired) electrons. The predicted octanol–water partition coefficient (Wildman–Crippen LogP) is 6.03. The van der Waals surface area contributed by atoms with Crippen molar-refractivity contribution in [1.29, 1.82) is 0 Å². The molecule has 3 aromatic carbocycles. The highest BCUT2D eigenvalue weighted by Crippen LogP contribution is 2.39. The summed E-state index contributed by atoms with van der Waals surface area (Å²) in [4.78, 5) is 2.36. The van der Waals surface area contributed by atoms with Crippen molar-refractivity contribution in [3.63, 3.8) is 0 Å². The van der Waals surface area contributed by atoms with Crippen LogP contribution >= 0.6 is 34.4 Å². The zero-order valence-electron chi connectivity index (χ0n) is 13.2. The van der Waals surface area contributed by atoms with Gasteiger partial charge in [-0.1, -0.05) is 60.3 Å². The lowest BCUT2D eigenvalue weighted by molar-refractivity contribution is 0.284. The molecule has 0 N–H and O–H groups in total. The van der Waals surface area contributed by atoms with Gasteiger partial charge in [0.1, 0.15) is 6.61 Å². The second kappa shape index (κ2) is 8.44. The van der Waals surface area contributed by atoms with Crippen LogP contribution in [0.3, 0.4) is 0 Å². The van der Waals surface area contributed by atoms with Crippen molar-refractivity contribution in [2.24, 2.45) is 0 Å². The topological polar surface area (TPSA) is 18.5 Å². The van der Waals surface area contributed by atoms with Gasteiger partial charge in [0.15, 0.2) is 11.5 Å². The van der Waals surface area contributed by atoms with E-state index in [1.165, 1.54) is 4.90 Å². The Morgan fingerprint density at radius 2 is 1.54 bits per heavy atom. The maximum Gasteiger partial charge on any atom is 0.162 e. The monoisotopic (exact) mass is 448 g/mol. The number of ether oxygens (including phenoxy) is 2. The van der Waals surface area contributed by atoms with Crippen molar-refractivity contribution < 1.29 is 9.47 Å². The summed E-state index contributed by atoms with van der Waals surface area (Å²) in [7, 11) is 1.68. The van der Waals surface area contributed by atoms with Gasteiger partial charge in [0.05, 0.1) is 7.11 Å². The summed E-state index contributed by atoms with van der Waals surface area (Å²) >= 11 is 4.07. The molecular weight excluding hydrogens is 431 g/mol. The zero-order valence-corrected chi connectivity index (χ0v) is 16.2. The van der Waals surface area contributed by atoms with E-state index in [1.54, 1.807) is 18.9 Å². The number of benzene rings is 3. The van der Waals surface area contributed by atoms with Crippen molar-refractivity contribution in [2.75, 3.05) is 7.11 Å². The Kier molecular flexibility index (Phi) is 6.04. The number of rotatable bonds is 6. The highest BCUT2D eigenvalue weighted by Gasteiger charge is 2.11. The maximum absolute atomic E-state index is 5.96. The number of methoxy groups -OCH3 is 1. The summed E-state index contributed by atoms with van der Waals surface area (Å²) in [6.07, 6.45) is 0. The van der Waals surface area contributed by atoms with Crippen molar-refractivity contribution in [2.45, 2.75) is 16.4 Å². The predicted molar refractivity (Wildman–Crippen MR) is 107 cm³/mol. The van der Waals surface area contributed by atoms with E-state index in [4.69, 9.17) is 9.47 Å². The van der Waals surface area contributed by atoms with E-state index >= 15 is 0 Å². The molecular formula is C20H17IO2S. The molecule has 2 nitrogen and oxygen atoms in total. The Hall–Kier alpha value is -1.66. The summed E-state index contributed by atoms with van der Waals surface area (Å²) in [5.41, 5.74) is 1.14. The Morgan fingerprint density at radius 1 is 0.875 bits per heavy atom. The third-order valence-electron chi connectivity index (χ3n) is 3.43. The van der Waals surface area contributed by atoms with Crippen LogP contribution in [0, 0.1) is 3.57 Å². The SMILES string of the molecule is COc1cc(Sc2ccccc2)c(I)cc1OCc1ccccc1. The molecule has 0 heterocycles. The minimum Gasteiger partial charge on any atom is -0.493 e. The van der Waals surface area contributed by atoms with Gasteiger partial charge in [-0.2, -0.15) is 0 Å². The van der Waals surface area contributed by atoms with Crippen LogP contribution in [-0.4, -0.2) is 7.11 Å². The first-order valence-electron chi connectivity index (χ1n) is 7.53. The van der Waals surface area contributed by atoms with Gasteiger partial charge >= 0.3 is 0 Å². The van der Waals surface area contributed by atoms with E-state index < -0.39 is 0 Å². The van der Waals surface area contributed by atoms with Crippen LogP contribution in [0.1, 0.15) is 5.56 Å². The molecule has 0 aliphatic carbocycles. The molecule has 0 saturated heterocycles. The molecule has 3 aromatic rings. The number of hydrogen-bond donors (Lipinski definition) is 0. The minimum atomic E-state index is 0.526. The fourth-order valence-electron chi connectivity index (χ4n) is 2.22. The maximum atomic E-state index is 5.96. The molecule has 0 bridgehead atoms. The summed E-state index contributed by atoms with van der Waals surface area (Å²) in [5.74, 6) is 1.52. The molecule has 0 saturated carbocycles. The normalized spacial score (nSPS) is 10.4. The lowest BCUT2D eigenvalue weighted by Gasteiger charge is -2.14. The average Bonchev–Trinajstić information content (AvgIpc) is 2.63. The first-order chi connectivity index (χ1) is 11.8. The molecule has 3 rings (SSSR count). The van der Waals surface area contributed by atoms with Crippen LogP contribution in [0.2, 0.25) is 0 Å². The van der Waals surface area contributed by atoms with Crippen LogP contribution in [0.15, 0.2) is 82.6 Å². The van der Waals surface area contributed by atoms with Crippen molar-refractivity contribution in [3.8, 4) is 11.5 Å². The highest BCUT2D eigenvalue weighted by atomic mass is 127. The van der Waals surface area contributed by atoms with Crippen molar-refractivity contribution in [1.82, 2.24) is 0 Å². The highest BCUT2D eigenvalue weighted by molar-refractivity contribution is 14.1. The van der Waals surface area contributed by atoms with E-state index in [-0.39, 0.29) is 0 Å². The lowest BCUT2D eigenvalue weighted by Crippen LogP contribution is -1.98. The van der Waals surface area contributed by atoms with Crippen LogP contribution in [0.4, 0.5) is 0 Å². The van der Waals surface area contributed by atoms with Gasteiger partial charge in [-0.15, -0.1) is 0 Å². The Balaban J connectivity index is 1.79. The average molecular weight is 448 g/mol. The zero-order chi connectivity index (χ0) is 16.8. The summed E-state index contributed by atoms with van der Waals surface area (Å²) in [5, 5.41) is 0. The van der Waals surface area contributed by atoms with Gasteiger partial charge < -0.3 is 9.47 Å². The molecule has 0 aliphatic rings. The molecule has 4 heteroatoms. The molecule has 0 amide bonds. The minimum absolute atomic E-state index is 0.526. The molecule has 0 spiro atoms. The summed E-state index contributed by atoms with van der Waals surface area (Å²) in [6.45, 7) is 0.526. The fourth-order valence-corrected chi connectivity index (χ4v) is 3.86. The Bertz CT molecular complexity index is 791.